The summed E-state index contributed by atoms with van der Waals surface area (Å²) in [4.78, 5) is 11.6. The summed E-state index contributed by atoms with van der Waals surface area (Å²) in [5.41, 5.74) is 2.13. The quantitative estimate of drug-likeness (QED) is 0.769. The van der Waals surface area contributed by atoms with Crippen LogP contribution in [0.25, 0.3) is 0 Å². The van der Waals surface area contributed by atoms with Crippen molar-refractivity contribution in [1.29, 1.82) is 0 Å². The van der Waals surface area contributed by atoms with E-state index in [1.165, 1.54) is 0 Å². The molecule has 2 unspecified atom stereocenters. The van der Waals surface area contributed by atoms with Gasteiger partial charge >= 0.3 is 6.09 Å². The predicted molar refractivity (Wildman–Crippen MR) is 91.0 cm³/mol. The molecule has 0 bridgehead atoms. The number of benzene rings is 2. The average Bonchev–Trinajstić information content (AvgIpc) is 2.94. The SMILES string of the molecule is O=C1NC(CCOCc2ccccc2)C(c2ccc(Br)cc2)O1. The molecule has 0 radical (unpaired) electrons. The maximum Gasteiger partial charge on any atom is 0.408 e. The number of hydrogen-bond acceptors (Lipinski definition) is 3. The van der Waals surface area contributed by atoms with Crippen LogP contribution >= 0.6 is 15.9 Å². The molecule has 1 N–H and O–H groups in total. The zero-order valence-corrected chi connectivity index (χ0v) is 14.2. The molecule has 1 fully saturated rings. The monoisotopic (exact) mass is 375 g/mol. The van der Waals surface area contributed by atoms with Crippen molar-refractivity contribution in [3.8, 4) is 0 Å². The van der Waals surface area contributed by atoms with Crippen LogP contribution in [0.1, 0.15) is 23.7 Å². The van der Waals surface area contributed by atoms with Gasteiger partial charge in [0.1, 0.15) is 6.10 Å². The third kappa shape index (κ3) is 4.33. The van der Waals surface area contributed by atoms with E-state index < -0.39 is 0 Å². The van der Waals surface area contributed by atoms with Crippen LogP contribution in [0, 0.1) is 0 Å². The summed E-state index contributed by atoms with van der Waals surface area (Å²) in [5, 5.41) is 2.86. The Morgan fingerprint density at radius 2 is 1.83 bits per heavy atom. The third-order valence-corrected chi connectivity index (χ3v) is 4.31. The lowest BCUT2D eigenvalue weighted by atomic mass is 10.0. The first kappa shape index (κ1) is 16.0. The first-order chi connectivity index (χ1) is 11.2. The molecule has 5 heteroatoms. The minimum atomic E-state index is -0.369. The van der Waals surface area contributed by atoms with Crippen LogP contribution in [0.3, 0.4) is 0 Å². The highest BCUT2D eigenvalue weighted by molar-refractivity contribution is 9.10. The van der Waals surface area contributed by atoms with Gasteiger partial charge in [0.25, 0.3) is 0 Å². The standard InChI is InChI=1S/C18H18BrNO3/c19-15-8-6-14(7-9-15)17-16(20-18(21)23-17)10-11-22-12-13-4-2-1-3-5-13/h1-9,16-17H,10-12H2,(H,20,21). The van der Waals surface area contributed by atoms with E-state index in [9.17, 15) is 4.79 Å². The Hall–Kier alpha value is -1.85. The molecule has 2 aromatic carbocycles. The highest BCUT2D eigenvalue weighted by Crippen LogP contribution is 2.29. The van der Waals surface area contributed by atoms with Crippen LogP contribution in [0.5, 0.6) is 0 Å². The van der Waals surface area contributed by atoms with Crippen LogP contribution in [0.15, 0.2) is 59.1 Å². The van der Waals surface area contributed by atoms with Gasteiger partial charge in [0.15, 0.2) is 0 Å². The zero-order chi connectivity index (χ0) is 16.1. The average molecular weight is 376 g/mol. The third-order valence-electron chi connectivity index (χ3n) is 3.79. The maximum absolute atomic E-state index is 11.6. The van der Waals surface area contributed by atoms with E-state index in [4.69, 9.17) is 9.47 Å². The van der Waals surface area contributed by atoms with E-state index in [-0.39, 0.29) is 18.2 Å². The first-order valence-electron chi connectivity index (χ1n) is 7.56. The van der Waals surface area contributed by atoms with Gasteiger partial charge in [-0.15, -0.1) is 0 Å². The van der Waals surface area contributed by atoms with Crippen LogP contribution in [-0.4, -0.2) is 18.7 Å². The van der Waals surface area contributed by atoms with Crippen molar-refractivity contribution in [2.75, 3.05) is 6.61 Å². The minimum Gasteiger partial charge on any atom is -0.439 e. The molecule has 2 aromatic rings. The number of carbonyl (C=O) groups excluding carboxylic acids is 1. The Morgan fingerprint density at radius 3 is 2.57 bits per heavy atom. The van der Waals surface area contributed by atoms with Gasteiger partial charge in [0.2, 0.25) is 0 Å². The number of amides is 1. The summed E-state index contributed by atoms with van der Waals surface area (Å²) in [7, 11) is 0. The normalized spacial score (nSPS) is 20.1. The van der Waals surface area contributed by atoms with Crippen molar-refractivity contribution in [3.05, 3.63) is 70.2 Å². The molecule has 23 heavy (non-hydrogen) atoms. The minimum absolute atomic E-state index is 0.0700. The van der Waals surface area contributed by atoms with E-state index in [2.05, 4.69) is 21.2 Å². The molecule has 1 aliphatic rings. The van der Waals surface area contributed by atoms with Crippen molar-refractivity contribution in [2.24, 2.45) is 0 Å². The second-order valence-corrected chi connectivity index (χ2v) is 6.37. The van der Waals surface area contributed by atoms with Crippen molar-refractivity contribution in [2.45, 2.75) is 25.2 Å². The van der Waals surface area contributed by atoms with E-state index in [1.807, 2.05) is 54.6 Å². The number of halogens is 1. The summed E-state index contributed by atoms with van der Waals surface area (Å²) >= 11 is 3.41. The molecule has 120 valence electrons. The molecule has 2 atom stereocenters. The topological polar surface area (TPSA) is 47.6 Å². The molecule has 1 saturated heterocycles. The Balaban J connectivity index is 1.53. The number of nitrogens with one attached hydrogen (secondary N) is 1. The largest absolute Gasteiger partial charge is 0.439 e. The van der Waals surface area contributed by atoms with Gasteiger partial charge in [-0.25, -0.2) is 4.79 Å². The molecule has 1 heterocycles. The van der Waals surface area contributed by atoms with Crippen molar-refractivity contribution in [1.82, 2.24) is 5.32 Å². The molecule has 1 aliphatic heterocycles. The summed E-state index contributed by atoms with van der Waals surface area (Å²) < 4.78 is 12.1. The molecule has 0 aliphatic carbocycles. The fraction of sp³-hybridized carbons (Fsp3) is 0.278. The van der Waals surface area contributed by atoms with Gasteiger partial charge in [-0.1, -0.05) is 58.4 Å². The Bertz CT molecular complexity index is 645. The second-order valence-electron chi connectivity index (χ2n) is 5.46. The zero-order valence-electron chi connectivity index (χ0n) is 12.6. The Kier molecular flexibility index (Phi) is 5.31. The van der Waals surface area contributed by atoms with Crippen molar-refractivity contribution >= 4 is 22.0 Å². The van der Waals surface area contributed by atoms with Gasteiger partial charge in [0.05, 0.1) is 12.6 Å². The summed E-state index contributed by atoms with van der Waals surface area (Å²) in [5.74, 6) is 0. The van der Waals surface area contributed by atoms with Gasteiger partial charge in [0, 0.05) is 11.1 Å². The maximum atomic E-state index is 11.6. The Morgan fingerprint density at radius 1 is 1.09 bits per heavy atom. The molecule has 1 amide bonds. The lowest BCUT2D eigenvalue weighted by molar-refractivity contribution is 0.0954. The van der Waals surface area contributed by atoms with Crippen LogP contribution in [0.4, 0.5) is 4.79 Å². The fourth-order valence-corrected chi connectivity index (χ4v) is 2.87. The fourth-order valence-electron chi connectivity index (χ4n) is 2.61. The Labute approximate surface area is 143 Å². The molecular formula is C18H18BrNO3. The number of alkyl carbamates (subject to hydrolysis) is 1. The van der Waals surface area contributed by atoms with Gasteiger partial charge in [-0.2, -0.15) is 0 Å². The molecule has 0 saturated carbocycles. The number of carbonyl (C=O) groups is 1. The first-order valence-corrected chi connectivity index (χ1v) is 8.36. The van der Waals surface area contributed by atoms with Gasteiger partial charge in [-0.05, 0) is 29.7 Å². The second kappa shape index (κ2) is 7.62. The summed E-state index contributed by atoms with van der Waals surface area (Å²) in [6, 6.07) is 17.8. The highest BCUT2D eigenvalue weighted by Gasteiger charge is 2.34. The molecule has 4 nitrogen and oxygen atoms in total. The van der Waals surface area contributed by atoms with Crippen LogP contribution in [0.2, 0.25) is 0 Å². The number of ether oxygens (including phenoxy) is 2. The smallest absolute Gasteiger partial charge is 0.408 e. The number of hydrogen-bond donors (Lipinski definition) is 1. The lowest BCUT2D eigenvalue weighted by Gasteiger charge is -2.17. The van der Waals surface area contributed by atoms with Gasteiger partial charge < -0.3 is 14.8 Å². The van der Waals surface area contributed by atoms with Crippen LogP contribution in [-0.2, 0) is 16.1 Å². The molecular weight excluding hydrogens is 358 g/mol. The number of rotatable bonds is 6. The van der Waals surface area contributed by atoms with Crippen molar-refractivity contribution in [3.63, 3.8) is 0 Å². The van der Waals surface area contributed by atoms with E-state index in [0.717, 1.165) is 15.6 Å². The summed E-state index contributed by atoms with van der Waals surface area (Å²) in [6.07, 6.45) is 0.0705. The molecule has 0 aromatic heterocycles. The van der Waals surface area contributed by atoms with Crippen molar-refractivity contribution < 1.29 is 14.3 Å². The van der Waals surface area contributed by atoms with Crippen LogP contribution < -0.4 is 5.32 Å². The lowest BCUT2D eigenvalue weighted by Crippen LogP contribution is -2.29. The van der Waals surface area contributed by atoms with E-state index >= 15 is 0 Å². The van der Waals surface area contributed by atoms with E-state index in [1.54, 1.807) is 0 Å². The summed E-state index contributed by atoms with van der Waals surface area (Å²) in [6.45, 7) is 1.14. The predicted octanol–water partition coefficient (Wildman–Crippen LogP) is 4.21. The highest BCUT2D eigenvalue weighted by atomic mass is 79.9. The number of cyclic esters (lactones) is 1. The molecule has 0 spiro atoms. The molecule has 3 rings (SSSR count). The van der Waals surface area contributed by atoms with Gasteiger partial charge in [-0.3, -0.25) is 0 Å². The van der Waals surface area contributed by atoms with E-state index in [0.29, 0.717) is 19.6 Å².